The van der Waals surface area contributed by atoms with E-state index in [0.29, 0.717) is 0 Å². The monoisotopic (exact) mass is 693 g/mol. The number of thiophene rings is 1. The van der Waals surface area contributed by atoms with Gasteiger partial charge in [-0.05, 0) is 120 Å². The minimum atomic E-state index is -0.0867. The van der Waals surface area contributed by atoms with E-state index in [0.717, 1.165) is 11.4 Å². The van der Waals surface area contributed by atoms with Crippen LogP contribution in [0.25, 0.3) is 74.7 Å². The second-order valence-electron chi connectivity index (χ2n) is 14.9. The van der Waals surface area contributed by atoms with Gasteiger partial charge < -0.3 is 4.90 Å². The fraction of sp³-hybridized carbons (Fsp3) is 0.0588. The van der Waals surface area contributed by atoms with Gasteiger partial charge >= 0.3 is 0 Å². The van der Waals surface area contributed by atoms with Crippen molar-refractivity contribution in [1.29, 1.82) is 0 Å². The molecule has 0 saturated heterocycles. The topological polar surface area (TPSA) is 3.24 Å². The molecule has 53 heavy (non-hydrogen) atoms. The molecule has 0 bridgehead atoms. The van der Waals surface area contributed by atoms with Crippen LogP contribution in [0.15, 0.2) is 176 Å². The molecule has 0 aliphatic heterocycles. The van der Waals surface area contributed by atoms with Crippen molar-refractivity contribution < 1.29 is 0 Å². The number of nitrogens with zero attached hydrogens (tertiary/aromatic N) is 1. The molecule has 0 atom stereocenters. The van der Waals surface area contributed by atoms with Crippen LogP contribution in [0.5, 0.6) is 0 Å². The first-order valence-corrected chi connectivity index (χ1v) is 19.2. The average Bonchev–Trinajstić information content (AvgIpc) is 3.69. The van der Waals surface area contributed by atoms with Crippen LogP contribution in [-0.2, 0) is 5.41 Å². The Kier molecular flexibility index (Phi) is 6.53. The van der Waals surface area contributed by atoms with Crippen molar-refractivity contribution in [2.75, 3.05) is 4.90 Å². The summed E-state index contributed by atoms with van der Waals surface area (Å²) in [4.78, 5) is 2.44. The maximum atomic E-state index is 2.44. The standard InChI is InChI=1S/C51H35NS/c1-51(2)47-17-9-7-15-42(47)43-27-24-36(31-48(43)51)52(35-25-28-50-46(30-35)44-16-8-10-18-49(44)53-50)34-22-19-32(20-23-34)33-21-26-41-39-13-4-3-11-37(39)38-12-5-6-14-40(38)45(41)29-33/h3-31H,1-2H3. The van der Waals surface area contributed by atoms with Crippen molar-refractivity contribution in [2.24, 2.45) is 0 Å². The highest BCUT2D eigenvalue weighted by atomic mass is 32.1. The van der Waals surface area contributed by atoms with Gasteiger partial charge in [0.15, 0.2) is 0 Å². The van der Waals surface area contributed by atoms with E-state index in [1.54, 1.807) is 0 Å². The smallest absolute Gasteiger partial charge is 0.0468 e. The third-order valence-corrected chi connectivity index (χ3v) is 12.8. The summed E-state index contributed by atoms with van der Waals surface area (Å²) in [6.45, 7) is 4.72. The fourth-order valence-corrected chi connectivity index (χ4v) is 10.1. The van der Waals surface area contributed by atoms with E-state index in [1.807, 2.05) is 11.3 Å². The van der Waals surface area contributed by atoms with Crippen LogP contribution in [0.3, 0.4) is 0 Å². The Hall–Kier alpha value is -6.22. The average molecular weight is 694 g/mol. The Morgan fingerprint density at radius 2 is 0.887 bits per heavy atom. The van der Waals surface area contributed by atoms with Gasteiger partial charge in [-0.1, -0.05) is 135 Å². The van der Waals surface area contributed by atoms with Gasteiger partial charge in [0, 0.05) is 42.6 Å². The molecule has 0 amide bonds. The molecule has 1 nitrogen and oxygen atoms in total. The minimum absolute atomic E-state index is 0.0867. The largest absolute Gasteiger partial charge is 0.310 e. The molecular formula is C51H35NS. The summed E-state index contributed by atoms with van der Waals surface area (Å²) in [5.41, 5.74) is 11.2. The van der Waals surface area contributed by atoms with E-state index in [-0.39, 0.29) is 5.41 Å². The van der Waals surface area contributed by atoms with Crippen molar-refractivity contribution in [3.05, 3.63) is 187 Å². The summed E-state index contributed by atoms with van der Waals surface area (Å²) in [7, 11) is 0. The van der Waals surface area contributed by atoms with Gasteiger partial charge in [-0.3, -0.25) is 0 Å². The molecule has 0 radical (unpaired) electrons. The Balaban J connectivity index is 1.07. The van der Waals surface area contributed by atoms with Crippen LogP contribution in [0.1, 0.15) is 25.0 Å². The quantitative estimate of drug-likeness (QED) is 0.166. The van der Waals surface area contributed by atoms with Crippen LogP contribution >= 0.6 is 11.3 Å². The highest BCUT2D eigenvalue weighted by molar-refractivity contribution is 7.25. The number of hydrogen-bond donors (Lipinski definition) is 0. The summed E-state index contributed by atoms with van der Waals surface area (Å²) < 4.78 is 2.64. The van der Waals surface area contributed by atoms with E-state index >= 15 is 0 Å². The molecule has 1 aliphatic carbocycles. The first-order valence-electron chi connectivity index (χ1n) is 18.4. The van der Waals surface area contributed by atoms with Crippen LogP contribution in [-0.4, -0.2) is 0 Å². The highest BCUT2D eigenvalue weighted by Gasteiger charge is 2.35. The molecule has 1 aromatic heterocycles. The molecule has 0 saturated carbocycles. The number of rotatable bonds is 4. The Morgan fingerprint density at radius 1 is 0.358 bits per heavy atom. The number of benzene rings is 9. The van der Waals surface area contributed by atoms with Gasteiger partial charge in [-0.25, -0.2) is 0 Å². The molecule has 1 aliphatic rings. The Morgan fingerprint density at radius 3 is 1.64 bits per heavy atom. The third-order valence-electron chi connectivity index (χ3n) is 11.6. The lowest BCUT2D eigenvalue weighted by atomic mass is 9.82. The molecule has 250 valence electrons. The molecule has 9 aromatic carbocycles. The lowest BCUT2D eigenvalue weighted by molar-refractivity contribution is 0.660. The van der Waals surface area contributed by atoms with E-state index < -0.39 is 0 Å². The molecular weight excluding hydrogens is 659 g/mol. The van der Waals surface area contributed by atoms with Crippen LogP contribution < -0.4 is 4.90 Å². The predicted molar refractivity (Wildman–Crippen MR) is 230 cm³/mol. The molecule has 0 spiro atoms. The first kappa shape index (κ1) is 30.4. The number of fused-ring (bicyclic) bond motifs is 12. The Bertz CT molecular complexity index is 3060. The van der Waals surface area contributed by atoms with Gasteiger partial charge in [-0.2, -0.15) is 0 Å². The maximum Gasteiger partial charge on any atom is 0.0468 e. The molecule has 0 N–H and O–H groups in total. The van der Waals surface area contributed by atoms with Gasteiger partial charge in [-0.15, -0.1) is 11.3 Å². The highest BCUT2D eigenvalue weighted by Crippen LogP contribution is 2.51. The minimum Gasteiger partial charge on any atom is -0.310 e. The zero-order valence-corrected chi connectivity index (χ0v) is 30.4. The van der Waals surface area contributed by atoms with E-state index in [1.165, 1.54) is 91.6 Å². The molecule has 0 unspecified atom stereocenters. The number of anilines is 3. The Labute approximate surface area is 313 Å². The van der Waals surface area contributed by atoms with Gasteiger partial charge in [0.25, 0.3) is 0 Å². The van der Waals surface area contributed by atoms with Crippen molar-refractivity contribution >= 4 is 80.9 Å². The molecule has 0 fully saturated rings. The van der Waals surface area contributed by atoms with Crippen molar-refractivity contribution in [3.8, 4) is 22.3 Å². The summed E-state index contributed by atoms with van der Waals surface area (Å²) in [6, 6.07) is 65.4. The summed E-state index contributed by atoms with van der Waals surface area (Å²) >= 11 is 1.87. The summed E-state index contributed by atoms with van der Waals surface area (Å²) in [5, 5.41) is 10.4. The lowest BCUT2D eigenvalue weighted by Gasteiger charge is -2.28. The maximum absolute atomic E-state index is 2.44. The van der Waals surface area contributed by atoms with Gasteiger partial charge in [0.1, 0.15) is 0 Å². The molecule has 11 rings (SSSR count). The van der Waals surface area contributed by atoms with Crippen molar-refractivity contribution in [3.63, 3.8) is 0 Å². The zero-order valence-electron chi connectivity index (χ0n) is 29.6. The zero-order chi connectivity index (χ0) is 35.3. The lowest BCUT2D eigenvalue weighted by Crippen LogP contribution is -2.16. The molecule has 1 heterocycles. The number of hydrogen-bond acceptors (Lipinski definition) is 2. The van der Waals surface area contributed by atoms with Crippen LogP contribution in [0.2, 0.25) is 0 Å². The third kappa shape index (κ3) is 4.56. The van der Waals surface area contributed by atoms with E-state index in [4.69, 9.17) is 0 Å². The summed E-state index contributed by atoms with van der Waals surface area (Å²) in [5.74, 6) is 0. The first-order chi connectivity index (χ1) is 26.0. The van der Waals surface area contributed by atoms with Crippen molar-refractivity contribution in [2.45, 2.75) is 19.3 Å². The van der Waals surface area contributed by atoms with E-state index in [2.05, 4.69) is 195 Å². The SMILES string of the molecule is CC1(C)c2ccccc2-c2ccc(N(c3ccc(-c4ccc5c6ccccc6c6ccccc6c5c4)cc3)c3ccc4sc5ccccc5c4c3)cc21. The predicted octanol–water partition coefficient (Wildman–Crippen LogP) is 15.0. The van der Waals surface area contributed by atoms with Crippen LogP contribution in [0, 0.1) is 0 Å². The second-order valence-corrected chi connectivity index (χ2v) is 16.0. The van der Waals surface area contributed by atoms with Crippen LogP contribution in [0.4, 0.5) is 17.1 Å². The molecule has 10 aromatic rings. The van der Waals surface area contributed by atoms with Gasteiger partial charge in [0.2, 0.25) is 0 Å². The second kappa shape index (κ2) is 11.4. The van der Waals surface area contributed by atoms with E-state index in [9.17, 15) is 0 Å². The normalized spacial score (nSPS) is 13.2. The summed E-state index contributed by atoms with van der Waals surface area (Å²) in [6.07, 6.45) is 0. The fourth-order valence-electron chi connectivity index (χ4n) is 9.02. The van der Waals surface area contributed by atoms with Crippen molar-refractivity contribution in [1.82, 2.24) is 0 Å². The molecule has 2 heteroatoms. The van der Waals surface area contributed by atoms with Gasteiger partial charge in [0.05, 0.1) is 0 Å².